The van der Waals surface area contributed by atoms with Gasteiger partial charge in [0.25, 0.3) is 0 Å². The highest BCUT2D eigenvalue weighted by atomic mass is 79.9. The highest BCUT2D eigenvalue weighted by molar-refractivity contribution is 9.10. The zero-order valence-electron chi connectivity index (χ0n) is 12.1. The second kappa shape index (κ2) is 6.80. The van der Waals surface area contributed by atoms with Gasteiger partial charge in [0.05, 0.1) is 18.8 Å². The predicted octanol–water partition coefficient (Wildman–Crippen LogP) is 5.33. The molecule has 0 aliphatic carbocycles. The first-order valence-corrected chi connectivity index (χ1v) is 7.60. The third-order valence-corrected chi connectivity index (χ3v) is 3.89. The molecule has 1 unspecified atom stereocenters. The molecule has 2 nitrogen and oxygen atoms in total. The number of benzene rings is 2. The first-order valence-electron chi connectivity index (χ1n) is 6.80. The smallest absolute Gasteiger partial charge is 0.141 e. The number of hydrogen-bond donors (Lipinski definition) is 1. The Morgan fingerprint density at radius 2 is 1.85 bits per heavy atom. The second-order valence-corrected chi connectivity index (χ2v) is 5.78. The van der Waals surface area contributed by atoms with Crippen LogP contribution >= 0.6 is 15.9 Å². The number of hydrogen-bond acceptors (Lipinski definition) is 2. The molecule has 0 aromatic heterocycles. The Balaban J connectivity index is 2.26. The Bertz CT molecular complexity index is 566. The lowest BCUT2D eigenvalue weighted by molar-refractivity contribution is 0.416. The van der Waals surface area contributed by atoms with Crippen molar-refractivity contribution in [1.82, 2.24) is 0 Å². The number of rotatable bonds is 5. The van der Waals surface area contributed by atoms with E-state index in [1.807, 2.05) is 6.07 Å². The molecule has 2 aromatic carbocycles. The van der Waals surface area contributed by atoms with Crippen LogP contribution in [0.4, 0.5) is 5.69 Å². The largest absolute Gasteiger partial charge is 0.495 e. The third kappa shape index (κ3) is 3.54. The van der Waals surface area contributed by atoms with E-state index >= 15 is 0 Å². The zero-order valence-corrected chi connectivity index (χ0v) is 13.7. The molecule has 20 heavy (non-hydrogen) atoms. The SMILES string of the molecule is CCC(Nc1cc(C)ccc1OC)c1ccc(Br)cc1. The minimum absolute atomic E-state index is 0.277. The molecule has 0 aliphatic rings. The molecule has 0 fully saturated rings. The lowest BCUT2D eigenvalue weighted by atomic mass is 10.0. The summed E-state index contributed by atoms with van der Waals surface area (Å²) in [5.41, 5.74) is 3.54. The van der Waals surface area contributed by atoms with E-state index < -0.39 is 0 Å². The molecule has 2 rings (SSSR count). The molecule has 0 saturated carbocycles. The van der Waals surface area contributed by atoms with Crippen LogP contribution in [0.1, 0.15) is 30.5 Å². The number of aryl methyl sites for hydroxylation is 1. The van der Waals surface area contributed by atoms with Gasteiger partial charge in [0.1, 0.15) is 5.75 Å². The topological polar surface area (TPSA) is 21.3 Å². The minimum atomic E-state index is 0.277. The predicted molar refractivity (Wildman–Crippen MR) is 88.5 cm³/mol. The number of methoxy groups -OCH3 is 1. The lowest BCUT2D eigenvalue weighted by Gasteiger charge is -2.21. The van der Waals surface area contributed by atoms with Crippen LogP contribution in [-0.2, 0) is 0 Å². The van der Waals surface area contributed by atoms with Crippen molar-refractivity contribution < 1.29 is 4.74 Å². The average Bonchev–Trinajstić information content (AvgIpc) is 2.46. The maximum Gasteiger partial charge on any atom is 0.141 e. The Morgan fingerprint density at radius 1 is 1.15 bits per heavy atom. The van der Waals surface area contributed by atoms with Crippen LogP contribution in [-0.4, -0.2) is 7.11 Å². The number of ether oxygens (including phenoxy) is 1. The summed E-state index contributed by atoms with van der Waals surface area (Å²) in [7, 11) is 1.70. The van der Waals surface area contributed by atoms with Crippen LogP contribution < -0.4 is 10.1 Å². The van der Waals surface area contributed by atoms with Crippen molar-refractivity contribution in [1.29, 1.82) is 0 Å². The second-order valence-electron chi connectivity index (χ2n) is 4.86. The number of anilines is 1. The molecule has 0 spiro atoms. The zero-order chi connectivity index (χ0) is 14.5. The van der Waals surface area contributed by atoms with E-state index in [1.54, 1.807) is 7.11 Å². The molecule has 2 aromatic rings. The maximum atomic E-state index is 5.43. The Kier molecular flexibility index (Phi) is 5.07. The third-order valence-electron chi connectivity index (χ3n) is 3.37. The fourth-order valence-corrected chi connectivity index (χ4v) is 2.50. The monoisotopic (exact) mass is 333 g/mol. The molecule has 0 radical (unpaired) electrons. The van der Waals surface area contributed by atoms with E-state index in [1.165, 1.54) is 11.1 Å². The van der Waals surface area contributed by atoms with Crippen molar-refractivity contribution in [3.63, 3.8) is 0 Å². The van der Waals surface area contributed by atoms with E-state index in [0.717, 1.165) is 22.3 Å². The van der Waals surface area contributed by atoms with Crippen molar-refractivity contribution in [2.75, 3.05) is 12.4 Å². The summed E-state index contributed by atoms with van der Waals surface area (Å²) in [5, 5.41) is 3.58. The lowest BCUT2D eigenvalue weighted by Crippen LogP contribution is -2.10. The first kappa shape index (κ1) is 14.9. The summed E-state index contributed by atoms with van der Waals surface area (Å²) in [5.74, 6) is 0.881. The van der Waals surface area contributed by atoms with Crippen molar-refractivity contribution >= 4 is 21.6 Å². The fourth-order valence-electron chi connectivity index (χ4n) is 2.24. The van der Waals surface area contributed by atoms with Crippen molar-refractivity contribution in [2.24, 2.45) is 0 Å². The molecule has 3 heteroatoms. The molecular weight excluding hydrogens is 314 g/mol. The van der Waals surface area contributed by atoms with Crippen molar-refractivity contribution in [2.45, 2.75) is 26.3 Å². The Hall–Kier alpha value is -1.48. The van der Waals surface area contributed by atoms with E-state index in [2.05, 4.69) is 71.5 Å². The van der Waals surface area contributed by atoms with Gasteiger partial charge >= 0.3 is 0 Å². The molecule has 0 saturated heterocycles. The highest BCUT2D eigenvalue weighted by Gasteiger charge is 2.12. The summed E-state index contributed by atoms with van der Waals surface area (Å²) < 4.78 is 6.53. The Morgan fingerprint density at radius 3 is 2.45 bits per heavy atom. The summed E-state index contributed by atoms with van der Waals surface area (Å²) >= 11 is 3.48. The van der Waals surface area contributed by atoms with Crippen LogP contribution in [0.15, 0.2) is 46.9 Å². The molecule has 1 atom stereocenters. The van der Waals surface area contributed by atoms with Crippen molar-refractivity contribution in [3.8, 4) is 5.75 Å². The quantitative estimate of drug-likeness (QED) is 0.798. The summed E-state index contributed by atoms with van der Waals surface area (Å²) in [6, 6.07) is 14.9. The van der Waals surface area contributed by atoms with E-state index in [-0.39, 0.29) is 6.04 Å². The molecular formula is C17H20BrNO. The van der Waals surface area contributed by atoms with Gasteiger partial charge in [0.15, 0.2) is 0 Å². The van der Waals surface area contributed by atoms with E-state index in [0.29, 0.717) is 0 Å². The van der Waals surface area contributed by atoms with Crippen molar-refractivity contribution in [3.05, 3.63) is 58.1 Å². The van der Waals surface area contributed by atoms with Crippen LogP contribution in [0.2, 0.25) is 0 Å². The van der Waals surface area contributed by atoms with Gasteiger partial charge < -0.3 is 10.1 Å². The van der Waals surface area contributed by atoms with Crippen LogP contribution in [0.25, 0.3) is 0 Å². The van der Waals surface area contributed by atoms with Gasteiger partial charge in [-0.25, -0.2) is 0 Å². The average molecular weight is 334 g/mol. The molecule has 0 heterocycles. The molecule has 0 amide bonds. The number of nitrogens with one attached hydrogen (secondary N) is 1. The minimum Gasteiger partial charge on any atom is -0.495 e. The van der Waals surface area contributed by atoms with Gasteiger partial charge in [-0.2, -0.15) is 0 Å². The Labute approximate surface area is 129 Å². The summed E-state index contributed by atoms with van der Waals surface area (Å²) in [4.78, 5) is 0. The number of halogens is 1. The molecule has 1 N–H and O–H groups in total. The fraction of sp³-hybridized carbons (Fsp3) is 0.294. The molecule has 0 aliphatic heterocycles. The van der Waals surface area contributed by atoms with Crippen LogP contribution in [0, 0.1) is 6.92 Å². The van der Waals surface area contributed by atoms with Gasteiger partial charge in [-0.1, -0.05) is 41.1 Å². The molecule has 0 bridgehead atoms. The maximum absolute atomic E-state index is 5.43. The van der Waals surface area contributed by atoms with Crippen LogP contribution in [0.3, 0.4) is 0 Å². The van der Waals surface area contributed by atoms with E-state index in [9.17, 15) is 0 Å². The molecule has 106 valence electrons. The van der Waals surface area contributed by atoms with Gasteiger partial charge in [-0.05, 0) is 48.7 Å². The van der Waals surface area contributed by atoms with Crippen LogP contribution in [0.5, 0.6) is 5.75 Å². The summed E-state index contributed by atoms with van der Waals surface area (Å²) in [6.07, 6.45) is 1.01. The van der Waals surface area contributed by atoms with Gasteiger partial charge in [0.2, 0.25) is 0 Å². The normalized spacial score (nSPS) is 12.0. The standard InChI is InChI=1S/C17H20BrNO/c1-4-15(13-6-8-14(18)9-7-13)19-16-11-12(2)5-10-17(16)20-3/h5-11,15,19H,4H2,1-3H3. The summed E-state index contributed by atoms with van der Waals surface area (Å²) in [6.45, 7) is 4.27. The van der Waals surface area contributed by atoms with Gasteiger partial charge in [0, 0.05) is 4.47 Å². The van der Waals surface area contributed by atoms with Gasteiger partial charge in [-0.15, -0.1) is 0 Å². The first-order chi connectivity index (χ1) is 9.63. The van der Waals surface area contributed by atoms with Gasteiger partial charge in [-0.3, -0.25) is 0 Å². The van der Waals surface area contributed by atoms with E-state index in [4.69, 9.17) is 4.74 Å². The highest BCUT2D eigenvalue weighted by Crippen LogP contribution is 2.30.